The predicted octanol–water partition coefficient (Wildman–Crippen LogP) is 3.59. The van der Waals surface area contributed by atoms with Crippen molar-refractivity contribution in [2.45, 2.75) is 37.8 Å². The summed E-state index contributed by atoms with van der Waals surface area (Å²) in [6, 6.07) is 13.7. The monoisotopic (exact) mass is 432 g/mol. The van der Waals surface area contributed by atoms with E-state index in [2.05, 4.69) is 32.3 Å². The minimum absolute atomic E-state index is 0.00514. The second-order valence-corrected chi connectivity index (χ2v) is 8.40. The molecule has 3 aromatic rings. The van der Waals surface area contributed by atoms with Crippen molar-refractivity contribution in [3.63, 3.8) is 0 Å². The lowest BCUT2D eigenvalue weighted by atomic mass is 9.92. The van der Waals surface area contributed by atoms with Crippen molar-refractivity contribution >= 4 is 22.6 Å². The fourth-order valence-electron chi connectivity index (χ4n) is 4.49. The lowest BCUT2D eigenvalue weighted by Crippen LogP contribution is -2.39. The van der Waals surface area contributed by atoms with Crippen LogP contribution in [0.3, 0.4) is 0 Å². The number of fused-ring (bicyclic) bond motifs is 1. The largest absolute Gasteiger partial charge is 0.488 e. The fourth-order valence-corrected chi connectivity index (χ4v) is 4.49. The van der Waals surface area contributed by atoms with E-state index in [9.17, 15) is 4.79 Å². The number of nitrogens with one attached hydrogen (secondary N) is 1. The lowest BCUT2D eigenvalue weighted by Gasteiger charge is -2.31. The van der Waals surface area contributed by atoms with E-state index in [0.717, 1.165) is 74.5 Å². The van der Waals surface area contributed by atoms with E-state index in [-0.39, 0.29) is 18.1 Å². The molecule has 0 spiro atoms. The zero-order chi connectivity index (χ0) is 21.8. The summed E-state index contributed by atoms with van der Waals surface area (Å²) < 4.78 is 12.0. The van der Waals surface area contributed by atoms with Gasteiger partial charge in [-0.15, -0.1) is 0 Å². The summed E-state index contributed by atoms with van der Waals surface area (Å²) in [5, 5.41) is 3.17. The van der Waals surface area contributed by atoms with Gasteiger partial charge in [0.25, 0.3) is 5.91 Å². The number of carbonyl (C=O) groups is 1. The first-order valence-electron chi connectivity index (χ1n) is 11.4. The molecule has 1 aliphatic carbocycles. The molecule has 1 N–H and O–H groups in total. The molecule has 2 aliphatic rings. The Hall–Kier alpha value is -3.19. The van der Waals surface area contributed by atoms with Crippen LogP contribution >= 0.6 is 0 Å². The maximum atomic E-state index is 12.4. The molecule has 7 heteroatoms. The van der Waals surface area contributed by atoms with Crippen LogP contribution in [0.2, 0.25) is 0 Å². The van der Waals surface area contributed by atoms with Crippen LogP contribution < -0.4 is 15.0 Å². The Bertz CT molecular complexity index is 1060. The minimum Gasteiger partial charge on any atom is -0.488 e. The number of benzene rings is 2. The van der Waals surface area contributed by atoms with Crippen molar-refractivity contribution in [2.24, 2.45) is 0 Å². The Kier molecular flexibility index (Phi) is 6.16. The Balaban J connectivity index is 1.25. The third-order valence-electron chi connectivity index (χ3n) is 6.24. The number of nitrogens with zero attached hydrogens (tertiary/aromatic N) is 3. The summed E-state index contributed by atoms with van der Waals surface area (Å²) in [6.07, 6.45) is 7.11. The first-order valence-corrected chi connectivity index (χ1v) is 11.4. The molecule has 166 valence electrons. The van der Waals surface area contributed by atoms with E-state index in [4.69, 9.17) is 9.47 Å². The molecule has 2 heterocycles. The molecule has 5 rings (SSSR count). The second kappa shape index (κ2) is 9.53. The maximum Gasteiger partial charge on any atom is 0.251 e. The van der Waals surface area contributed by atoms with Crippen LogP contribution in [-0.2, 0) is 4.74 Å². The molecule has 1 aromatic heterocycles. The SMILES string of the molecule is O=C(N[C@H]1CC[C@@H](Oc2cc(N3CCOCC3)cc3nccnc23)CC1)c1ccccc1. The number of amides is 1. The zero-order valence-electron chi connectivity index (χ0n) is 18.1. The van der Waals surface area contributed by atoms with Gasteiger partial charge in [-0.2, -0.15) is 0 Å². The van der Waals surface area contributed by atoms with Crippen LogP contribution in [-0.4, -0.2) is 54.3 Å². The number of hydrogen-bond acceptors (Lipinski definition) is 6. The highest BCUT2D eigenvalue weighted by molar-refractivity contribution is 5.94. The lowest BCUT2D eigenvalue weighted by molar-refractivity contribution is 0.0895. The van der Waals surface area contributed by atoms with Crippen LogP contribution in [0, 0.1) is 0 Å². The second-order valence-electron chi connectivity index (χ2n) is 8.40. The van der Waals surface area contributed by atoms with Gasteiger partial charge >= 0.3 is 0 Å². The Morgan fingerprint density at radius 2 is 1.75 bits per heavy atom. The summed E-state index contributed by atoms with van der Waals surface area (Å²) in [4.78, 5) is 23.8. The molecule has 1 saturated carbocycles. The van der Waals surface area contributed by atoms with Gasteiger partial charge in [0.05, 0.1) is 24.8 Å². The molecule has 1 aliphatic heterocycles. The molecular weight excluding hydrogens is 404 g/mol. The van der Waals surface area contributed by atoms with Crippen LogP contribution in [0.25, 0.3) is 11.0 Å². The van der Waals surface area contributed by atoms with Crippen molar-refractivity contribution in [3.8, 4) is 5.75 Å². The molecule has 1 saturated heterocycles. The highest BCUT2D eigenvalue weighted by Crippen LogP contribution is 2.33. The molecule has 0 bridgehead atoms. The summed E-state index contributed by atoms with van der Waals surface area (Å²) in [6.45, 7) is 3.18. The van der Waals surface area contributed by atoms with Gasteiger partial charge in [-0.3, -0.25) is 9.78 Å². The van der Waals surface area contributed by atoms with Crippen LogP contribution in [0.5, 0.6) is 5.75 Å². The Morgan fingerprint density at radius 3 is 2.53 bits per heavy atom. The average Bonchev–Trinajstić information content (AvgIpc) is 2.86. The van der Waals surface area contributed by atoms with Crippen molar-refractivity contribution in [3.05, 3.63) is 60.4 Å². The van der Waals surface area contributed by atoms with Crippen molar-refractivity contribution in [1.29, 1.82) is 0 Å². The molecular formula is C25H28N4O3. The van der Waals surface area contributed by atoms with Crippen molar-refractivity contribution in [1.82, 2.24) is 15.3 Å². The van der Waals surface area contributed by atoms with Crippen LogP contribution in [0.1, 0.15) is 36.0 Å². The molecule has 2 fully saturated rings. The predicted molar refractivity (Wildman–Crippen MR) is 123 cm³/mol. The normalized spacial score (nSPS) is 21.3. The van der Waals surface area contributed by atoms with E-state index in [0.29, 0.717) is 5.56 Å². The van der Waals surface area contributed by atoms with Crippen molar-refractivity contribution < 1.29 is 14.3 Å². The van der Waals surface area contributed by atoms with Crippen molar-refractivity contribution in [2.75, 3.05) is 31.2 Å². The molecule has 0 atom stereocenters. The zero-order valence-corrected chi connectivity index (χ0v) is 18.1. The van der Waals surface area contributed by atoms with Gasteiger partial charge in [-0.05, 0) is 43.9 Å². The van der Waals surface area contributed by atoms with E-state index < -0.39 is 0 Å². The van der Waals surface area contributed by atoms with Crippen LogP contribution in [0.4, 0.5) is 5.69 Å². The van der Waals surface area contributed by atoms with Gasteiger partial charge in [-0.1, -0.05) is 18.2 Å². The number of hydrogen-bond donors (Lipinski definition) is 1. The summed E-state index contributed by atoms with van der Waals surface area (Å²) >= 11 is 0. The minimum atomic E-state index is -0.00514. The average molecular weight is 433 g/mol. The first-order chi connectivity index (χ1) is 15.8. The third-order valence-corrected chi connectivity index (χ3v) is 6.24. The standard InChI is InChI=1S/C25H28N4O3/c30-25(18-4-2-1-3-5-18)28-19-6-8-21(9-7-19)32-23-17-20(29-12-14-31-15-13-29)16-22-24(23)27-11-10-26-22/h1-5,10-11,16-17,19,21H,6-9,12-15H2,(H,28,30)/t19-,21+. The van der Waals surface area contributed by atoms with Gasteiger partial charge in [0.15, 0.2) is 0 Å². The Morgan fingerprint density at radius 1 is 1.00 bits per heavy atom. The highest BCUT2D eigenvalue weighted by atomic mass is 16.5. The van der Waals surface area contributed by atoms with E-state index in [1.165, 1.54) is 0 Å². The molecule has 0 unspecified atom stereocenters. The first kappa shape index (κ1) is 20.7. The third kappa shape index (κ3) is 4.67. The van der Waals surface area contributed by atoms with Gasteiger partial charge in [0.1, 0.15) is 11.3 Å². The number of ether oxygens (including phenoxy) is 2. The molecule has 2 aromatic carbocycles. The number of carbonyl (C=O) groups excluding carboxylic acids is 1. The van der Waals surface area contributed by atoms with Crippen LogP contribution in [0.15, 0.2) is 54.9 Å². The number of morpholine rings is 1. The summed E-state index contributed by atoms with van der Waals surface area (Å²) in [5.74, 6) is 0.781. The fraction of sp³-hybridized carbons (Fsp3) is 0.400. The van der Waals surface area contributed by atoms with Gasteiger partial charge in [0, 0.05) is 48.8 Å². The number of rotatable bonds is 5. The van der Waals surface area contributed by atoms with Gasteiger partial charge < -0.3 is 19.7 Å². The Labute approximate surface area is 187 Å². The summed E-state index contributed by atoms with van der Waals surface area (Å²) in [5.41, 5.74) is 3.44. The molecule has 0 radical (unpaired) electrons. The highest BCUT2D eigenvalue weighted by Gasteiger charge is 2.25. The van der Waals surface area contributed by atoms with E-state index in [1.807, 2.05) is 30.3 Å². The van der Waals surface area contributed by atoms with E-state index >= 15 is 0 Å². The topological polar surface area (TPSA) is 76.6 Å². The molecule has 32 heavy (non-hydrogen) atoms. The molecule has 7 nitrogen and oxygen atoms in total. The van der Waals surface area contributed by atoms with E-state index in [1.54, 1.807) is 12.4 Å². The van der Waals surface area contributed by atoms with Gasteiger partial charge in [0.2, 0.25) is 0 Å². The summed E-state index contributed by atoms with van der Waals surface area (Å²) in [7, 11) is 0. The quantitative estimate of drug-likeness (QED) is 0.664. The molecule has 1 amide bonds. The number of anilines is 1. The van der Waals surface area contributed by atoms with Gasteiger partial charge in [-0.25, -0.2) is 4.98 Å². The number of aromatic nitrogens is 2. The maximum absolute atomic E-state index is 12.4. The smallest absolute Gasteiger partial charge is 0.251 e.